The molecule has 0 aromatic heterocycles. The highest BCUT2D eigenvalue weighted by atomic mass is 16.3. The maximum Gasteiger partial charge on any atom is 0.132 e. The van der Waals surface area contributed by atoms with Crippen LogP contribution < -0.4 is 5.43 Å². The molecule has 0 fully saturated rings. The summed E-state index contributed by atoms with van der Waals surface area (Å²) in [6.07, 6.45) is 0.774. The third-order valence-electron chi connectivity index (χ3n) is 4.17. The predicted octanol–water partition coefficient (Wildman–Crippen LogP) is 3.98. The van der Waals surface area contributed by atoms with E-state index in [2.05, 4.69) is 22.7 Å². The van der Waals surface area contributed by atoms with Crippen molar-refractivity contribution in [3.8, 4) is 5.75 Å². The number of aromatic hydroxyl groups is 1. The highest BCUT2D eigenvalue weighted by molar-refractivity contribution is 6.08. The minimum absolute atomic E-state index is 0.169. The predicted molar refractivity (Wildman–Crippen MR) is 89.1 cm³/mol. The number of hydrogen-bond acceptors (Lipinski definition) is 3. The zero-order chi connectivity index (χ0) is 14.9. The summed E-state index contributed by atoms with van der Waals surface area (Å²) in [4.78, 5) is 0. The maximum absolute atomic E-state index is 10.6. The molecule has 22 heavy (non-hydrogen) atoms. The fourth-order valence-corrected chi connectivity index (χ4v) is 2.98. The van der Waals surface area contributed by atoms with Crippen LogP contribution in [0.5, 0.6) is 5.75 Å². The first kappa shape index (κ1) is 12.9. The summed E-state index contributed by atoms with van der Waals surface area (Å²) in [6.45, 7) is 0. The van der Waals surface area contributed by atoms with Gasteiger partial charge in [-0.2, -0.15) is 5.10 Å². The van der Waals surface area contributed by atoms with Gasteiger partial charge in [0.25, 0.3) is 0 Å². The van der Waals surface area contributed by atoms with Crippen LogP contribution in [0.2, 0.25) is 0 Å². The molecule has 1 aliphatic heterocycles. The Bertz CT molecular complexity index is 856. The molecule has 0 aliphatic carbocycles. The average Bonchev–Trinajstić information content (AvgIpc) is 3.06. The molecule has 0 saturated carbocycles. The number of phenolic OH excluding ortho intramolecular Hbond substituents is 1. The van der Waals surface area contributed by atoms with Gasteiger partial charge in [0.05, 0.1) is 11.8 Å². The van der Waals surface area contributed by atoms with E-state index in [0.717, 1.165) is 28.5 Å². The second-order valence-electron chi connectivity index (χ2n) is 5.54. The number of hydrogen-bond donors (Lipinski definition) is 2. The first-order valence-electron chi connectivity index (χ1n) is 7.41. The Kier molecular flexibility index (Phi) is 3.04. The van der Waals surface area contributed by atoms with Crippen molar-refractivity contribution >= 4 is 16.5 Å². The van der Waals surface area contributed by atoms with Gasteiger partial charge in [-0.3, -0.25) is 0 Å². The van der Waals surface area contributed by atoms with Gasteiger partial charge in [-0.05, 0) is 17.0 Å². The second-order valence-corrected chi connectivity index (χ2v) is 5.54. The molecule has 1 heterocycles. The Hall–Kier alpha value is -2.81. The number of fused-ring (bicyclic) bond motifs is 1. The minimum Gasteiger partial charge on any atom is -0.507 e. The SMILES string of the molecule is Oc1c(C2=NN[C@@H](c3ccccc3)C2)ccc2ccccc12. The summed E-state index contributed by atoms with van der Waals surface area (Å²) in [5.41, 5.74) is 6.09. The van der Waals surface area contributed by atoms with Crippen LogP contribution in [-0.4, -0.2) is 10.8 Å². The normalized spacial score (nSPS) is 17.3. The molecular weight excluding hydrogens is 272 g/mol. The standard InChI is InChI=1S/C19H16N2O/c22-19-15-9-5-4-6-13(15)10-11-16(19)18-12-17(20-21-18)14-7-2-1-3-8-14/h1-11,17,20,22H,12H2/t17-/m1/s1. The topological polar surface area (TPSA) is 44.6 Å². The van der Waals surface area contributed by atoms with Crippen molar-refractivity contribution in [2.24, 2.45) is 5.10 Å². The van der Waals surface area contributed by atoms with Gasteiger partial charge in [0.2, 0.25) is 0 Å². The summed E-state index contributed by atoms with van der Waals surface area (Å²) in [5.74, 6) is 0.312. The van der Waals surface area contributed by atoms with Crippen LogP contribution in [0.15, 0.2) is 71.8 Å². The van der Waals surface area contributed by atoms with E-state index in [-0.39, 0.29) is 6.04 Å². The number of benzene rings is 3. The van der Waals surface area contributed by atoms with Crippen LogP contribution >= 0.6 is 0 Å². The van der Waals surface area contributed by atoms with E-state index < -0.39 is 0 Å². The third kappa shape index (κ3) is 2.11. The van der Waals surface area contributed by atoms with Crippen molar-refractivity contribution in [3.63, 3.8) is 0 Å². The smallest absolute Gasteiger partial charge is 0.132 e. The molecular formula is C19H16N2O. The average molecular weight is 288 g/mol. The monoisotopic (exact) mass is 288 g/mol. The maximum atomic E-state index is 10.6. The summed E-state index contributed by atoms with van der Waals surface area (Å²) >= 11 is 0. The number of nitrogens with zero attached hydrogens (tertiary/aromatic N) is 1. The lowest BCUT2D eigenvalue weighted by atomic mass is 9.96. The molecule has 4 rings (SSSR count). The van der Waals surface area contributed by atoms with E-state index >= 15 is 0 Å². The van der Waals surface area contributed by atoms with Gasteiger partial charge in [-0.25, -0.2) is 0 Å². The van der Waals surface area contributed by atoms with Crippen LogP contribution in [0.3, 0.4) is 0 Å². The van der Waals surface area contributed by atoms with Crippen molar-refractivity contribution in [2.75, 3.05) is 0 Å². The van der Waals surface area contributed by atoms with Crippen molar-refractivity contribution in [2.45, 2.75) is 12.5 Å². The fourth-order valence-electron chi connectivity index (χ4n) is 2.98. The number of rotatable bonds is 2. The molecule has 0 radical (unpaired) electrons. The zero-order valence-electron chi connectivity index (χ0n) is 12.0. The molecule has 3 nitrogen and oxygen atoms in total. The fraction of sp³-hybridized carbons (Fsp3) is 0.105. The molecule has 3 aromatic rings. The highest BCUT2D eigenvalue weighted by Crippen LogP contribution is 2.33. The highest BCUT2D eigenvalue weighted by Gasteiger charge is 2.23. The van der Waals surface area contributed by atoms with Gasteiger partial charge < -0.3 is 10.5 Å². The lowest BCUT2D eigenvalue weighted by molar-refractivity contribution is 0.480. The van der Waals surface area contributed by atoms with E-state index in [1.54, 1.807) is 0 Å². The van der Waals surface area contributed by atoms with Crippen LogP contribution in [0.4, 0.5) is 0 Å². The van der Waals surface area contributed by atoms with Crippen LogP contribution in [0.25, 0.3) is 10.8 Å². The quantitative estimate of drug-likeness (QED) is 0.749. The van der Waals surface area contributed by atoms with Gasteiger partial charge in [0.1, 0.15) is 5.75 Å². The molecule has 0 bridgehead atoms. The Morgan fingerprint density at radius 3 is 2.55 bits per heavy atom. The van der Waals surface area contributed by atoms with Crippen molar-refractivity contribution in [3.05, 3.63) is 77.9 Å². The van der Waals surface area contributed by atoms with E-state index in [0.29, 0.717) is 5.75 Å². The molecule has 3 aromatic carbocycles. The molecule has 3 heteroatoms. The molecule has 0 spiro atoms. The Labute approximate surface area is 128 Å². The molecule has 0 unspecified atom stereocenters. The Morgan fingerprint density at radius 2 is 1.68 bits per heavy atom. The van der Waals surface area contributed by atoms with E-state index in [4.69, 9.17) is 0 Å². The van der Waals surface area contributed by atoms with Gasteiger partial charge >= 0.3 is 0 Å². The summed E-state index contributed by atoms with van der Waals surface area (Å²) in [6, 6.07) is 22.3. The van der Waals surface area contributed by atoms with Gasteiger partial charge in [-0.1, -0.05) is 60.7 Å². The molecule has 1 aliphatic rings. The summed E-state index contributed by atoms with van der Waals surface area (Å²) in [5, 5.41) is 16.9. The molecule has 0 saturated heterocycles. The Morgan fingerprint density at radius 1 is 0.909 bits per heavy atom. The van der Waals surface area contributed by atoms with Crippen molar-refractivity contribution in [1.29, 1.82) is 0 Å². The second kappa shape index (κ2) is 5.19. The van der Waals surface area contributed by atoms with Crippen molar-refractivity contribution in [1.82, 2.24) is 5.43 Å². The first-order valence-corrected chi connectivity index (χ1v) is 7.41. The molecule has 0 amide bonds. The van der Waals surface area contributed by atoms with E-state index in [1.165, 1.54) is 5.56 Å². The number of hydrazone groups is 1. The summed E-state index contributed by atoms with van der Waals surface area (Å²) < 4.78 is 0. The molecule has 108 valence electrons. The largest absolute Gasteiger partial charge is 0.507 e. The first-order chi connectivity index (χ1) is 10.8. The lowest BCUT2D eigenvalue weighted by Crippen LogP contribution is -2.09. The van der Waals surface area contributed by atoms with Crippen molar-refractivity contribution < 1.29 is 5.11 Å². The molecule has 1 atom stereocenters. The lowest BCUT2D eigenvalue weighted by Gasteiger charge is -2.10. The van der Waals surface area contributed by atoms with Crippen LogP contribution in [0.1, 0.15) is 23.6 Å². The molecule has 2 N–H and O–H groups in total. The third-order valence-corrected chi connectivity index (χ3v) is 4.17. The summed E-state index contributed by atoms with van der Waals surface area (Å²) in [7, 11) is 0. The van der Waals surface area contributed by atoms with Gasteiger partial charge in [0.15, 0.2) is 0 Å². The minimum atomic E-state index is 0.169. The zero-order valence-corrected chi connectivity index (χ0v) is 12.0. The van der Waals surface area contributed by atoms with E-state index in [9.17, 15) is 5.11 Å². The number of phenols is 1. The van der Waals surface area contributed by atoms with Crippen LogP contribution in [0, 0.1) is 0 Å². The van der Waals surface area contributed by atoms with Crippen LogP contribution in [-0.2, 0) is 0 Å². The number of nitrogens with one attached hydrogen (secondary N) is 1. The van der Waals surface area contributed by atoms with Gasteiger partial charge in [0, 0.05) is 17.4 Å². The Balaban J connectivity index is 1.68. The van der Waals surface area contributed by atoms with E-state index in [1.807, 2.05) is 54.6 Å². The van der Waals surface area contributed by atoms with Gasteiger partial charge in [-0.15, -0.1) is 0 Å².